The smallest absolute Gasteiger partial charge is 0.269 e. The average Bonchev–Trinajstić information content (AvgIpc) is 2.55. The number of nitriles is 1. The van der Waals surface area contributed by atoms with Crippen molar-refractivity contribution in [2.75, 3.05) is 6.54 Å². The van der Waals surface area contributed by atoms with E-state index in [1.807, 2.05) is 30.3 Å². The topological polar surface area (TPSA) is 86.0 Å². The monoisotopic (exact) mass is 281 g/mol. The lowest BCUT2D eigenvalue weighted by atomic mass is 10.1. The Morgan fingerprint density at radius 2 is 1.90 bits per heavy atom. The Kier molecular flexibility index (Phi) is 5.02. The normalized spacial score (nSPS) is 9.90. The van der Waals surface area contributed by atoms with Crippen LogP contribution in [0.2, 0.25) is 0 Å². The van der Waals surface area contributed by atoms with E-state index < -0.39 is 0 Å². The highest BCUT2D eigenvalue weighted by Gasteiger charge is 2.06. The van der Waals surface area contributed by atoms with Crippen LogP contribution in [0.3, 0.4) is 0 Å². The van der Waals surface area contributed by atoms with Crippen molar-refractivity contribution >= 4 is 5.91 Å². The second kappa shape index (κ2) is 7.17. The summed E-state index contributed by atoms with van der Waals surface area (Å²) in [5.74, 6) is -0.258. The first-order valence-corrected chi connectivity index (χ1v) is 6.56. The van der Waals surface area contributed by atoms with Crippen molar-refractivity contribution in [2.45, 2.75) is 13.0 Å². The maximum atomic E-state index is 11.8. The van der Waals surface area contributed by atoms with Gasteiger partial charge in [-0.25, -0.2) is 4.98 Å². The first-order chi connectivity index (χ1) is 10.2. The molecule has 2 N–H and O–H groups in total. The molecule has 0 fully saturated rings. The Labute approximate surface area is 122 Å². The zero-order valence-electron chi connectivity index (χ0n) is 11.4. The third-order valence-corrected chi connectivity index (χ3v) is 3.03. The van der Waals surface area contributed by atoms with Crippen LogP contribution in [0.15, 0.2) is 42.6 Å². The van der Waals surface area contributed by atoms with E-state index in [-0.39, 0.29) is 12.5 Å². The molecule has 0 radical (unpaired) electrons. The van der Waals surface area contributed by atoms with Crippen LogP contribution in [-0.4, -0.2) is 22.5 Å². The number of nitrogens with zero attached hydrogens (tertiary/aromatic N) is 2. The van der Waals surface area contributed by atoms with E-state index in [0.29, 0.717) is 24.2 Å². The molecule has 0 aliphatic rings. The fourth-order valence-electron chi connectivity index (χ4n) is 1.82. The lowest BCUT2D eigenvalue weighted by molar-refractivity contribution is 0.0949. The summed E-state index contributed by atoms with van der Waals surface area (Å²) in [6.45, 7) is 0.528. The number of aliphatic hydroxyl groups excluding tert-OH is 1. The summed E-state index contributed by atoms with van der Waals surface area (Å²) in [6.07, 6.45) is 2.08. The Bertz CT molecular complexity index is 643. The molecule has 1 heterocycles. The lowest BCUT2D eigenvalue weighted by Crippen LogP contribution is -2.26. The van der Waals surface area contributed by atoms with E-state index in [2.05, 4.69) is 10.3 Å². The quantitative estimate of drug-likeness (QED) is 0.867. The third-order valence-electron chi connectivity index (χ3n) is 3.03. The van der Waals surface area contributed by atoms with Gasteiger partial charge >= 0.3 is 0 Å². The summed E-state index contributed by atoms with van der Waals surface area (Å²) >= 11 is 0. The summed E-state index contributed by atoms with van der Waals surface area (Å²) in [5.41, 5.74) is 2.67. The van der Waals surface area contributed by atoms with Crippen molar-refractivity contribution in [1.82, 2.24) is 10.3 Å². The van der Waals surface area contributed by atoms with Crippen molar-refractivity contribution in [3.63, 3.8) is 0 Å². The molecule has 2 rings (SSSR count). The number of hydrogen-bond donors (Lipinski definition) is 2. The highest BCUT2D eigenvalue weighted by Crippen LogP contribution is 2.05. The Morgan fingerprint density at radius 3 is 2.48 bits per heavy atom. The number of amides is 1. The van der Waals surface area contributed by atoms with Gasteiger partial charge in [-0.2, -0.15) is 5.26 Å². The zero-order chi connectivity index (χ0) is 15.1. The standard InChI is InChI=1S/C16H15N3O2/c17-9-14-5-6-15(19-10-14)16(21)18-8-7-12-1-3-13(11-20)4-2-12/h1-6,10,20H,7-8,11H2,(H,18,21). The molecular formula is C16H15N3O2. The summed E-state index contributed by atoms with van der Waals surface area (Å²) in [6, 6.07) is 12.6. The largest absolute Gasteiger partial charge is 0.392 e. The molecule has 0 aliphatic carbocycles. The average molecular weight is 281 g/mol. The van der Waals surface area contributed by atoms with E-state index in [4.69, 9.17) is 10.4 Å². The number of aliphatic hydroxyl groups is 1. The van der Waals surface area contributed by atoms with Gasteiger partial charge < -0.3 is 10.4 Å². The predicted octanol–water partition coefficient (Wildman–Crippen LogP) is 1.42. The number of hydrogen-bond acceptors (Lipinski definition) is 4. The van der Waals surface area contributed by atoms with E-state index in [0.717, 1.165) is 11.1 Å². The minimum absolute atomic E-state index is 0.0291. The molecule has 1 amide bonds. The summed E-state index contributed by atoms with van der Waals surface area (Å²) < 4.78 is 0. The molecule has 1 aromatic heterocycles. The zero-order valence-corrected chi connectivity index (χ0v) is 11.4. The molecule has 0 spiro atoms. The number of benzene rings is 1. The van der Waals surface area contributed by atoms with Crippen LogP contribution in [0, 0.1) is 11.3 Å². The van der Waals surface area contributed by atoms with Crippen molar-refractivity contribution < 1.29 is 9.90 Å². The van der Waals surface area contributed by atoms with Gasteiger partial charge in [0.25, 0.3) is 5.91 Å². The van der Waals surface area contributed by atoms with Crippen LogP contribution in [0.5, 0.6) is 0 Å². The number of carbonyl (C=O) groups is 1. The van der Waals surface area contributed by atoms with Gasteiger partial charge in [0.1, 0.15) is 11.8 Å². The van der Waals surface area contributed by atoms with Gasteiger partial charge in [0.05, 0.1) is 12.2 Å². The second-order valence-corrected chi connectivity index (χ2v) is 4.52. The number of aromatic nitrogens is 1. The number of nitrogens with one attached hydrogen (secondary N) is 1. The fraction of sp³-hybridized carbons (Fsp3) is 0.188. The predicted molar refractivity (Wildman–Crippen MR) is 77.4 cm³/mol. The first-order valence-electron chi connectivity index (χ1n) is 6.56. The SMILES string of the molecule is N#Cc1ccc(C(=O)NCCc2ccc(CO)cc2)nc1. The third kappa shape index (κ3) is 4.13. The summed E-state index contributed by atoms with van der Waals surface area (Å²) in [5, 5.41) is 20.4. The van der Waals surface area contributed by atoms with Gasteiger partial charge in [-0.3, -0.25) is 4.79 Å². The maximum absolute atomic E-state index is 11.8. The Morgan fingerprint density at radius 1 is 1.19 bits per heavy atom. The van der Waals surface area contributed by atoms with Gasteiger partial charge in [0.2, 0.25) is 0 Å². The van der Waals surface area contributed by atoms with Crippen LogP contribution < -0.4 is 5.32 Å². The molecule has 0 saturated carbocycles. The first kappa shape index (κ1) is 14.7. The molecule has 5 heteroatoms. The van der Waals surface area contributed by atoms with Crippen molar-refractivity contribution in [2.24, 2.45) is 0 Å². The van der Waals surface area contributed by atoms with Gasteiger partial charge in [0.15, 0.2) is 0 Å². The molecule has 0 aliphatic heterocycles. The van der Waals surface area contributed by atoms with E-state index >= 15 is 0 Å². The number of rotatable bonds is 5. The van der Waals surface area contributed by atoms with Crippen LogP contribution in [-0.2, 0) is 13.0 Å². The lowest BCUT2D eigenvalue weighted by Gasteiger charge is -2.05. The number of carbonyl (C=O) groups excluding carboxylic acids is 1. The number of pyridine rings is 1. The van der Waals surface area contributed by atoms with E-state index in [1.165, 1.54) is 12.3 Å². The molecule has 0 atom stereocenters. The summed E-state index contributed by atoms with van der Waals surface area (Å²) in [7, 11) is 0. The Balaban J connectivity index is 1.84. The molecule has 21 heavy (non-hydrogen) atoms. The van der Waals surface area contributed by atoms with Crippen LogP contribution >= 0.6 is 0 Å². The Hall–Kier alpha value is -2.71. The molecular weight excluding hydrogens is 266 g/mol. The van der Waals surface area contributed by atoms with Crippen molar-refractivity contribution in [3.05, 3.63) is 65.0 Å². The van der Waals surface area contributed by atoms with Crippen LogP contribution in [0.4, 0.5) is 0 Å². The highest BCUT2D eigenvalue weighted by atomic mass is 16.3. The maximum Gasteiger partial charge on any atom is 0.269 e. The van der Waals surface area contributed by atoms with Gasteiger partial charge in [-0.15, -0.1) is 0 Å². The van der Waals surface area contributed by atoms with Crippen molar-refractivity contribution in [1.29, 1.82) is 5.26 Å². The highest BCUT2D eigenvalue weighted by molar-refractivity contribution is 5.92. The van der Waals surface area contributed by atoms with Gasteiger partial charge in [0, 0.05) is 12.7 Å². The van der Waals surface area contributed by atoms with Crippen LogP contribution in [0.1, 0.15) is 27.2 Å². The minimum atomic E-state index is -0.258. The summed E-state index contributed by atoms with van der Waals surface area (Å²) in [4.78, 5) is 15.8. The molecule has 0 saturated heterocycles. The van der Waals surface area contributed by atoms with Gasteiger partial charge in [-0.05, 0) is 29.7 Å². The molecule has 106 valence electrons. The molecule has 2 aromatic rings. The second-order valence-electron chi connectivity index (χ2n) is 4.52. The van der Waals surface area contributed by atoms with E-state index in [1.54, 1.807) is 6.07 Å². The van der Waals surface area contributed by atoms with E-state index in [9.17, 15) is 4.79 Å². The fourth-order valence-corrected chi connectivity index (χ4v) is 1.82. The molecule has 5 nitrogen and oxygen atoms in total. The minimum Gasteiger partial charge on any atom is -0.392 e. The van der Waals surface area contributed by atoms with Crippen LogP contribution in [0.25, 0.3) is 0 Å². The van der Waals surface area contributed by atoms with Crippen molar-refractivity contribution in [3.8, 4) is 6.07 Å². The molecule has 0 unspecified atom stereocenters. The molecule has 0 bridgehead atoms. The molecule has 1 aromatic carbocycles. The van der Waals surface area contributed by atoms with Gasteiger partial charge in [-0.1, -0.05) is 24.3 Å².